The fourth-order valence-corrected chi connectivity index (χ4v) is 10.5. The lowest BCUT2D eigenvalue weighted by Crippen LogP contribution is -2.25. The molecule has 0 saturated heterocycles. The van der Waals surface area contributed by atoms with Crippen LogP contribution in [0.4, 0.5) is 0 Å². The Balaban J connectivity index is 1.01. The average Bonchev–Trinajstić information content (AvgIpc) is 3.83. The Morgan fingerprint density at radius 2 is 0.762 bits per heavy atom. The summed E-state index contributed by atoms with van der Waals surface area (Å²) >= 11 is 0. The van der Waals surface area contributed by atoms with Gasteiger partial charge in [0.05, 0.1) is 28.0 Å². The fourth-order valence-electron chi connectivity index (χ4n) is 10.5. The van der Waals surface area contributed by atoms with E-state index in [0.717, 1.165) is 55.6 Å². The van der Waals surface area contributed by atoms with Crippen molar-refractivity contribution in [1.82, 2.24) is 15.0 Å². The summed E-state index contributed by atoms with van der Waals surface area (Å²) in [5, 5.41) is 3.45. The molecule has 3 heteroatoms. The fraction of sp³-hybridized carbons (Fsp3) is 0.0167. The van der Waals surface area contributed by atoms with Gasteiger partial charge >= 0.3 is 0 Å². The molecule has 0 amide bonds. The predicted molar refractivity (Wildman–Crippen MR) is 258 cm³/mol. The van der Waals surface area contributed by atoms with Crippen molar-refractivity contribution >= 4 is 21.7 Å². The molecule has 0 fully saturated rings. The lowest BCUT2D eigenvalue weighted by atomic mass is 9.70. The maximum atomic E-state index is 5.47. The minimum Gasteiger partial charge on any atom is -0.247 e. The Bertz CT molecular complexity index is 3570. The van der Waals surface area contributed by atoms with E-state index in [2.05, 4.69) is 212 Å². The van der Waals surface area contributed by atoms with Crippen LogP contribution in [-0.4, -0.2) is 15.0 Å². The SMILES string of the molecule is c1ccc(-c2ccc(-c3cc(-c4ccccc4)nc(-c4cccc(-c5nc6ccccc6c6cc7c(cc56)-c5ccccc5C75c6ccccc6-c6ccccc65)c4)n3)cc2)cc1. The summed E-state index contributed by atoms with van der Waals surface area (Å²) in [6.07, 6.45) is 0. The molecule has 2 aromatic heterocycles. The second-order valence-electron chi connectivity index (χ2n) is 16.7. The number of fused-ring (bicyclic) bond motifs is 13. The summed E-state index contributed by atoms with van der Waals surface area (Å²) in [5.74, 6) is 0.667. The van der Waals surface area contributed by atoms with Gasteiger partial charge < -0.3 is 0 Å². The van der Waals surface area contributed by atoms with E-state index >= 15 is 0 Å². The highest BCUT2D eigenvalue weighted by molar-refractivity contribution is 6.14. The molecule has 11 aromatic rings. The van der Waals surface area contributed by atoms with Crippen molar-refractivity contribution in [2.45, 2.75) is 5.41 Å². The number of pyridine rings is 1. The van der Waals surface area contributed by atoms with Gasteiger partial charge in [-0.2, -0.15) is 0 Å². The molecule has 0 aliphatic heterocycles. The molecule has 0 bridgehead atoms. The van der Waals surface area contributed by atoms with E-state index in [0.29, 0.717) is 5.82 Å². The summed E-state index contributed by atoms with van der Waals surface area (Å²) in [7, 11) is 0. The minimum atomic E-state index is -0.432. The maximum absolute atomic E-state index is 5.47. The van der Waals surface area contributed by atoms with Crippen molar-refractivity contribution in [2.24, 2.45) is 0 Å². The molecule has 63 heavy (non-hydrogen) atoms. The summed E-state index contributed by atoms with van der Waals surface area (Å²) in [4.78, 5) is 16.0. The number of para-hydroxylation sites is 1. The van der Waals surface area contributed by atoms with Crippen LogP contribution in [0.5, 0.6) is 0 Å². The summed E-state index contributed by atoms with van der Waals surface area (Å²) in [5.41, 5.74) is 20.1. The van der Waals surface area contributed by atoms with E-state index in [1.54, 1.807) is 0 Å². The highest BCUT2D eigenvalue weighted by Crippen LogP contribution is 2.63. The van der Waals surface area contributed by atoms with Crippen LogP contribution < -0.4 is 0 Å². The monoisotopic (exact) mass is 799 g/mol. The Kier molecular flexibility index (Phi) is 7.82. The number of hydrogen-bond acceptors (Lipinski definition) is 3. The quantitative estimate of drug-likeness (QED) is 0.163. The molecule has 2 heterocycles. The number of nitrogens with zero attached hydrogens (tertiary/aromatic N) is 3. The largest absolute Gasteiger partial charge is 0.247 e. The lowest BCUT2D eigenvalue weighted by Gasteiger charge is -2.30. The highest BCUT2D eigenvalue weighted by atomic mass is 14.9. The Morgan fingerprint density at radius 3 is 1.43 bits per heavy atom. The van der Waals surface area contributed by atoms with Gasteiger partial charge in [-0.3, -0.25) is 0 Å². The van der Waals surface area contributed by atoms with Gasteiger partial charge in [-0.25, -0.2) is 15.0 Å². The third kappa shape index (κ3) is 5.36. The topological polar surface area (TPSA) is 38.7 Å². The smallest absolute Gasteiger partial charge is 0.160 e. The molecule has 292 valence electrons. The van der Waals surface area contributed by atoms with Crippen molar-refractivity contribution in [2.75, 3.05) is 0 Å². The van der Waals surface area contributed by atoms with Crippen LogP contribution in [-0.2, 0) is 5.41 Å². The summed E-state index contributed by atoms with van der Waals surface area (Å²) in [6.45, 7) is 0. The minimum absolute atomic E-state index is 0.432. The van der Waals surface area contributed by atoms with Crippen LogP contribution in [0.2, 0.25) is 0 Å². The first-order chi connectivity index (χ1) is 31.2. The first-order valence-electron chi connectivity index (χ1n) is 21.6. The molecular weight excluding hydrogens is 763 g/mol. The third-order valence-electron chi connectivity index (χ3n) is 13.3. The van der Waals surface area contributed by atoms with Gasteiger partial charge in [0.15, 0.2) is 5.82 Å². The van der Waals surface area contributed by atoms with Gasteiger partial charge in [0.2, 0.25) is 0 Å². The van der Waals surface area contributed by atoms with Crippen LogP contribution in [0.3, 0.4) is 0 Å². The standard InChI is InChI=1S/C60H37N3/c1-3-16-38(17-4-1)39-30-32-41(33-31-39)57-37-56(40-18-5-2-6-19-40)62-59(63-57)43-21-15-20-42(34-43)58-50-35-49-46-24-9-13-28-53(46)60(54(49)36-48(50)47-25-10-14-29-55(47)61-58)51-26-11-7-22-44(51)45-23-8-12-27-52(45)60/h1-37H. The van der Waals surface area contributed by atoms with E-state index < -0.39 is 5.41 Å². The first kappa shape index (κ1) is 35.5. The van der Waals surface area contributed by atoms with E-state index in [9.17, 15) is 0 Å². The van der Waals surface area contributed by atoms with Crippen LogP contribution in [0, 0.1) is 0 Å². The Hall–Kier alpha value is -8.27. The van der Waals surface area contributed by atoms with E-state index in [1.165, 1.54) is 61.0 Å². The van der Waals surface area contributed by atoms with Gasteiger partial charge in [-0.05, 0) is 91.4 Å². The third-order valence-corrected chi connectivity index (χ3v) is 13.3. The molecule has 9 aromatic carbocycles. The van der Waals surface area contributed by atoms with E-state index in [1.807, 2.05) is 12.1 Å². The summed E-state index contributed by atoms with van der Waals surface area (Å²) in [6, 6.07) is 80.8. The molecular formula is C60H37N3. The lowest BCUT2D eigenvalue weighted by molar-refractivity contribution is 0.795. The molecule has 2 aliphatic carbocycles. The number of benzene rings is 9. The zero-order valence-corrected chi connectivity index (χ0v) is 34.2. The van der Waals surface area contributed by atoms with Gasteiger partial charge in [-0.15, -0.1) is 0 Å². The predicted octanol–water partition coefficient (Wildman–Crippen LogP) is 14.9. The molecule has 13 rings (SSSR count). The molecule has 2 aliphatic rings. The molecule has 1 spiro atoms. The molecule has 3 nitrogen and oxygen atoms in total. The van der Waals surface area contributed by atoms with Crippen LogP contribution in [0.1, 0.15) is 22.3 Å². The van der Waals surface area contributed by atoms with Crippen molar-refractivity contribution in [1.29, 1.82) is 0 Å². The van der Waals surface area contributed by atoms with Gasteiger partial charge in [0, 0.05) is 33.0 Å². The van der Waals surface area contributed by atoms with Gasteiger partial charge in [-0.1, -0.05) is 194 Å². The van der Waals surface area contributed by atoms with Crippen LogP contribution in [0.25, 0.3) is 100 Å². The summed E-state index contributed by atoms with van der Waals surface area (Å²) < 4.78 is 0. The Morgan fingerprint density at radius 1 is 0.270 bits per heavy atom. The van der Waals surface area contributed by atoms with E-state index in [-0.39, 0.29) is 0 Å². The van der Waals surface area contributed by atoms with Crippen molar-refractivity contribution in [3.8, 4) is 78.5 Å². The molecule has 0 radical (unpaired) electrons. The second-order valence-corrected chi connectivity index (χ2v) is 16.7. The van der Waals surface area contributed by atoms with Crippen LogP contribution >= 0.6 is 0 Å². The van der Waals surface area contributed by atoms with Crippen molar-refractivity contribution in [3.63, 3.8) is 0 Å². The molecule has 0 saturated carbocycles. The number of aromatic nitrogens is 3. The number of hydrogen-bond donors (Lipinski definition) is 0. The van der Waals surface area contributed by atoms with Crippen molar-refractivity contribution < 1.29 is 0 Å². The second kappa shape index (κ2) is 13.9. The first-order valence-corrected chi connectivity index (χ1v) is 21.6. The normalized spacial score (nSPS) is 12.9. The van der Waals surface area contributed by atoms with Gasteiger partial charge in [0.25, 0.3) is 0 Å². The number of rotatable bonds is 5. The Labute approximate surface area is 365 Å². The molecule has 0 N–H and O–H groups in total. The highest BCUT2D eigenvalue weighted by Gasteiger charge is 2.51. The maximum Gasteiger partial charge on any atom is 0.160 e. The molecule has 0 unspecified atom stereocenters. The zero-order valence-electron chi connectivity index (χ0n) is 34.2. The van der Waals surface area contributed by atoms with Gasteiger partial charge in [0.1, 0.15) is 0 Å². The van der Waals surface area contributed by atoms with Crippen molar-refractivity contribution in [3.05, 3.63) is 247 Å². The van der Waals surface area contributed by atoms with E-state index in [4.69, 9.17) is 15.0 Å². The average molecular weight is 800 g/mol. The zero-order chi connectivity index (χ0) is 41.5. The molecule has 0 atom stereocenters. The van der Waals surface area contributed by atoms with Crippen LogP contribution in [0.15, 0.2) is 224 Å².